The average Bonchev–Trinajstić information content (AvgIpc) is 2.30. The Hall–Kier alpha value is -1.11. The molecule has 2 N–H and O–H groups in total. The monoisotopic (exact) mass is 229 g/mol. The Morgan fingerprint density at radius 3 is 3.00 bits per heavy atom. The standard InChI is InChI=1S/C9H15N3O4/c1-15-5-16-8-3-6(4-13)2-7(9(8)14)11-12-10/h3,7-9,13-14H,2,4-5H2,1H3. The van der Waals surface area contributed by atoms with E-state index < -0.39 is 18.2 Å². The van der Waals surface area contributed by atoms with Gasteiger partial charge in [0.2, 0.25) is 0 Å². The van der Waals surface area contributed by atoms with Crippen LogP contribution in [0.3, 0.4) is 0 Å². The lowest BCUT2D eigenvalue weighted by atomic mass is 9.91. The molecule has 0 bridgehead atoms. The highest BCUT2D eigenvalue weighted by atomic mass is 16.7. The van der Waals surface area contributed by atoms with E-state index in [0.717, 1.165) is 0 Å². The van der Waals surface area contributed by atoms with E-state index in [2.05, 4.69) is 10.0 Å². The minimum Gasteiger partial charge on any atom is -0.392 e. The van der Waals surface area contributed by atoms with Crippen LogP contribution >= 0.6 is 0 Å². The van der Waals surface area contributed by atoms with Crippen LogP contribution in [0.15, 0.2) is 16.8 Å². The molecule has 0 heterocycles. The second kappa shape index (κ2) is 6.47. The molecular formula is C9H15N3O4. The quantitative estimate of drug-likeness (QED) is 0.233. The molecule has 90 valence electrons. The Morgan fingerprint density at radius 2 is 2.44 bits per heavy atom. The van der Waals surface area contributed by atoms with Gasteiger partial charge in [-0.2, -0.15) is 0 Å². The van der Waals surface area contributed by atoms with Crippen LogP contribution in [0.4, 0.5) is 0 Å². The van der Waals surface area contributed by atoms with E-state index in [-0.39, 0.29) is 13.4 Å². The number of azide groups is 1. The summed E-state index contributed by atoms with van der Waals surface area (Å²) in [5.74, 6) is 0. The lowest BCUT2D eigenvalue weighted by Crippen LogP contribution is -2.41. The molecular weight excluding hydrogens is 214 g/mol. The summed E-state index contributed by atoms with van der Waals surface area (Å²) in [5, 5.41) is 22.3. The summed E-state index contributed by atoms with van der Waals surface area (Å²) in [5.41, 5.74) is 9.04. The van der Waals surface area contributed by atoms with Crippen molar-refractivity contribution in [3.63, 3.8) is 0 Å². The minimum absolute atomic E-state index is 0.0277. The van der Waals surface area contributed by atoms with Crippen LogP contribution in [0.1, 0.15) is 6.42 Å². The molecule has 1 rings (SSSR count). The lowest BCUT2D eigenvalue weighted by molar-refractivity contribution is -0.101. The molecule has 7 heteroatoms. The number of rotatable bonds is 5. The van der Waals surface area contributed by atoms with Gasteiger partial charge in [0.25, 0.3) is 0 Å². The number of hydrogen-bond acceptors (Lipinski definition) is 5. The molecule has 0 amide bonds. The fourth-order valence-electron chi connectivity index (χ4n) is 1.59. The molecule has 0 saturated carbocycles. The topological polar surface area (TPSA) is 108 Å². The SMILES string of the molecule is COCOC1C=C(CO)CC(N=[N+]=[N-])C1O. The molecule has 7 nitrogen and oxygen atoms in total. The molecule has 0 radical (unpaired) electrons. The van der Waals surface area contributed by atoms with Gasteiger partial charge in [-0.1, -0.05) is 11.2 Å². The maximum Gasteiger partial charge on any atom is 0.147 e. The summed E-state index contributed by atoms with van der Waals surface area (Å²) >= 11 is 0. The Kier molecular flexibility index (Phi) is 5.24. The van der Waals surface area contributed by atoms with Gasteiger partial charge in [0.15, 0.2) is 0 Å². The van der Waals surface area contributed by atoms with Crippen LogP contribution in [-0.4, -0.2) is 49.0 Å². The van der Waals surface area contributed by atoms with E-state index >= 15 is 0 Å². The highest BCUT2D eigenvalue weighted by Gasteiger charge is 2.31. The molecule has 16 heavy (non-hydrogen) atoms. The van der Waals surface area contributed by atoms with Crippen molar-refractivity contribution in [2.45, 2.75) is 24.7 Å². The van der Waals surface area contributed by atoms with E-state index in [4.69, 9.17) is 20.1 Å². The first-order chi connectivity index (χ1) is 7.72. The second-order valence-corrected chi connectivity index (χ2v) is 3.49. The molecule has 1 aliphatic rings. The van der Waals surface area contributed by atoms with Gasteiger partial charge >= 0.3 is 0 Å². The maximum atomic E-state index is 9.83. The fourth-order valence-corrected chi connectivity index (χ4v) is 1.59. The Morgan fingerprint density at radius 1 is 1.69 bits per heavy atom. The first-order valence-electron chi connectivity index (χ1n) is 4.86. The smallest absolute Gasteiger partial charge is 0.147 e. The van der Waals surface area contributed by atoms with Gasteiger partial charge in [0.1, 0.15) is 12.9 Å². The molecule has 0 fully saturated rings. The molecule has 1 aliphatic carbocycles. The summed E-state index contributed by atoms with van der Waals surface area (Å²) in [6, 6.07) is -0.612. The van der Waals surface area contributed by atoms with Crippen molar-refractivity contribution >= 4 is 0 Å². The number of nitrogens with zero attached hydrogens (tertiary/aromatic N) is 3. The zero-order valence-electron chi connectivity index (χ0n) is 8.98. The third-order valence-electron chi connectivity index (χ3n) is 2.38. The Balaban J connectivity index is 2.76. The van der Waals surface area contributed by atoms with E-state index in [1.54, 1.807) is 6.08 Å². The van der Waals surface area contributed by atoms with Crippen molar-refractivity contribution < 1.29 is 19.7 Å². The van der Waals surface area contributed by atoms with Gasteiger partial charge in [-0.3, -0.25) is 0 Å². The summed E-state index contributed by atoms with van der Waals surface area (Å²) in [6.45, 7) is -0.114. The van der Waals surface area contributed by atoms with Crippen LogP contribution < -0.4 is 0 Å². The molecule has 3 atom stereocenters. The number of ether oxygens (including phenoxy) is 2. The van der Waals surface area contributed by atoms with Gasteiger partial charge in [-0.05, 0) is 17.5 Å². The van der Waals surface area contributed by atoms with Crippen LogP contribution in [-0.2, 0) is 9.47 Å². The zero-order chi connectivity index (χ0) is 12.0. The highest BCUT2D eigenvalue weighted by Crippen LogP contribution is 2.23. The second-order valence-electron chi connectivity index (χ2n) is 3.49. The fraction of sp³-hybridized carbons (Fsp3) is 0.778. The Labute approximate surface area is 92.9 Å². The van der Waals surface area contributed by atoms with Crippen molar-refractivity contribution in [3.8, 4) is 0 Å². The Bertz CT molecular complexity index is 301. The summed E-state index contributed by atoms with van der Waals surface area (Å²) in [6.07, 6.45) is 0.439. The zero-order valence-corrected chi connectivity index (χ0v) is 8.98. The van der Waals surface area contributed by atoms with E-state index in [1.807, 2.05) is 0 Å². The predicted octanol–water partition coefficient (Wildman–Crippen LogP) is 0.338. The number of aliphatic hydroxyl groups is 2. The summed E-state index contributed by atoms with van der Waals surface area (Å²) in [4.78, 5) is 2.66. The number of hydrogen-bond donors (Lipinski definition) is 2. The normalized spacial score (nSPS) is 29.4. The molecule has 0 aromatic rings. The van der Waals surface area contributed by atoms with Crippen molar-refractivity contribution in [1.29, 1.82) is 0 Å². The summed E-state index contributed by atoms with van der Waals surface area (Å²) in [7, 11) is 1.47. The first kappa shape index (κ1) is 13.0. The van der Waals surface area contributed by atoms with Gasteiger partial charge < -0.3 is 19.7 Å². The van der Waals surface area contributed by atoms with Crippen molar-refractivity contribution in [2.75, 3.05) is 20.5 Å². The lowest BCUT2D eigenvalue weighted by Gasteiger charge is -2.30. The van der Waals surface area contributed by atoms with E-state index in [9.17, 15) is 5.11 Å². The third kappa shape index (κ3) is 3.19. The van der Waals surface area contributed by atoms with Crippen LogP contribution in [0.25, 0.3) is 10.4 Å². The minimum atomic E-state index is -0.915. The third-order valence-corrected chi connectivity index (χ3v) is 2.38. The molecule has 0 saturated heterocycles. The number of aliphatic hydroxyl groups excluding tert-OH is 2. The van der Waals surface area contributed by atoms with Crippen molar-refractivity contribution in [2.24, 2.45) is 5.11 Å². The molecule has 0 spiro atoms. The van der Waals surface area contributed by atoms with Crippen molar-refractivity contribution in [1.82, 2.24) is 0 Å². The van der Waals surface area contributed by atoms with Gasteiger partial charge in [-0.25, -0.2) is 0 Å². The molecule has 3 unspecified atom stereocenters. The predicted molar refractivity (Wildman–Crippen MR) is 55.5 cm³/mol. The van der Waals surface area contributed by atoms with Crippen LogP contribution in [0, 0.1) is 0 Å². The number of methoxy groups -OCH3 is 1. The van der Waals surface area contributed by atoms with Crippen molar-refractivity contribution in [3.05, 3.63) is 22.1 Å². The van der Waals surface area contributed by atoms with Gasteiger partial charge in [0, 0.05) is 12.0 Å². The largest absolute Gasteiger partial charge is 0.392 e. The van der Waals surface area contributed by atoms with E-state index in [1.165, 1.54) is 7.11 Å². The first-order valence-corrected chi connectivity index (χ1v) is 4.86. The van der Waals surface area contributed by atoms with Crippen LogP contribution in [0.2, 0.25) is 0 Å². The molecule has 0 aromatic heterocycles. The molecule has 0 aromatic carbocycles. The molecule has 0 aliphatic heterocycles. The average molecular weight is 229 g/mol. The van der Waals surface area contributed by atoms with E-state index in [0.29, 0.717) is 12.0 Å². The summed E-state index contributed by atoms with van der Waals surface area (Å²) < 4.78 is 9.94. The van der Waals surface area contributed by atoms with Gasteiger partial charge in [-0.15, -0.1) is 0 Å². The van der Waals surface area contributed by atoms with Gasteiger partial charge in [0.05, 0.1) is 18.8 Å². The van der Waals surface area contributed by atoms with Crippen LogP contribution in [0.5, 0.6) is 0 Å². The maximum absolute atomic E-state index is 9.83. The highest BCUT2D eigenvalue weighted by molar-refractivity contribution is 5.16.